The fourth-order valence-corrected chi connectivity index (χ4v) is 2.63. The molecule has 4 N–H and O–H groups in total. The summed E-state index contributed by atoms with van der Waals surface area (Å²) in [4.78, 5) is 13.9. The molecule has 1 aliphatic rings. The lowest BCUT2D eigenvalue weighted by atomic mass is 10.1. The Morgan fingerprint density at radius 1 is 1.35 bits per heavy atom. The Labute approximate surface area is 135 Å². The third-order valence-electron chi connectivity index (χ3n) is 3.97. The van der Waals surface area contributed by atoms with Crippen LogP contribution in [-0.4, -0.2) is 49.5 Å². The molecule has 0 fully saturated rings. The van der Waals surface area contributed by atoms with E-state index in [-0.39, 0.29) is 0 Å². The van der Waals surface area contributed by atoms with Crippen LogP contribution in [0.25, 0.3) is 10.9 Å². The van der Waals surface area contributed by atoms with Crippen molar-refractivity contribution in [1.29, 1.82) is 0 Å². The first-order valence-corrected chi connectivity index (χ1v) is 7.85. The van der Waals surface area contributed by atoms with E-state index >= 15 is 0 Å². The van der Waals surface area contributed by atoms with Gasteiger partial charge in [-0.1, -0.05) is 12.1 Å². The SMILES string of the molecule is COCC[NH+]1CNC(Nc2nc(C)c3ccc(C)cc3n2)=[NH+]C1. The molecule has 23 heavy (non-hydrogen) atoms. The minimum atomic E-state index is 0.607. The lowest BCUT2D eigenvalue weighted by molar-refractivity contribution is -0.980. The monoisotopic (exact) mass is 316 g/mol. The first-order chi connectivity index (χ1) is 11.2. The average molecular weight is 316 g/mol. The molecule has 122 valence electrons. The number of methoxy groups -OCH3 is 1. The summed E-state index contributed by atoms with van der Waals surface area (Å²) in [6.45, 7) is 7.48. The zero-order chi connectivity index (χ0) is 16.2. The molecule has 1 aliphatic heterocycles. The molecular formula is C16H24N6O+2. The summed E-state index contributed by atoms with van der Waals surface area (Å²) >= 11 is 0. The number of anilines is 1. The highest BCUT2D eigenvalue weighted by molar-refractivity contribution is 5.89. The second kappa shape index (κ2) is 6.89. The topological polar surface area (TPSA) is 77.5 Å². The highest BCUT2D eigenvalue weighted by Crippen LogP contribution is 2.18. The van der Waals surface area contributed by atoms with Crippen LogP contribution in [0.15, 0.2) is 18.2 Å². The molecule has 2 aromatic rings. The molecule has 0 spiro atoms. The highest BCUT2D eigenvalue weighted by Gasteiger charge is 2.20. The maximum absolute atomic E-state index is 5.11. The quantitative estimate of drug-likeness (QED) is 0.532. The second-order valence-electron chi connectivity index (χ2n) is 5.85. The summed E-state index contributed by atoms with van der Waals surface area (Å²) in [6, 6.07) is 6.24. The number of rotatable bonds is 4. The van der Waals surface area contributed by atoms with Crippen molar-refractivity contribution in [3.8, 4) is 0 Å². The molecule has 1 aromatic heterocycles. The van der Waals surface area contributed by atoms with Crippen LogP contribution in [0.1, 0.15) is 11.3 Å². The zero-order valence-corrected chi connectivity index (χ0v) is 13.9. The molecule has 0 radical (unpaired) electrons. The van der Waals surface area contributed by atoms with Crippen molar-refractivity contribution >= 4 is 22.8 Å². The van der Waals surface area contributed by atoms with Crippen molar-refractivity contribution in [3.05, 3.63) is 29.5 Å². The fourth-order valence-electron chi connectivity index (χ4n) is 2.63. The lowest BCUT2D eigenvalue weighted by Gasteiger charge is -2.19. The minimum absolute atomic E-state index is 0.607. The number of quaternary nitrogens is 1. The van der Waals surface area contributed by atoms with Crippen LogP contribution in [-0.2, 0) is 4.74 Å². The summed E-state index contributed by atoms with van der Waals surface area (Å²) in [6.07, 6.45) is 0. The number of nitrogens with one attached hydrogen (secondary N) is 4. The second-order valence-corrected chi connectivity index (χ2v) is 5.85. The number of ether oxygens (including phenoxy) is 1. The van der Waals surface area contributed by atoms with E-state index in [1.807, 2.05) is 6.92 Å². The number of hydrogen-bond acceptors (Lipinski definition) is 5. The maximum Gasteiger partial charge on any atom is 0.359 e. The third-order valence-corrected chi connectivity index (χ3v) is 3.97. The summed E-state index contributed by atoms with van der Waals surface area (Å²) in [7, 11) is 1.73. The summed E-state index contributed by atoms with van der Waals surface area (Å²) in [5, 5.41) is 7.65. The molecule has 7 heteroatoms. The van der Waals surface area contributed by atoms with Crippen molar-refractivity contribution < 1.29 is 14.6 Å². The first-order valence-electron chi connectivity index (χ1n) is 7.85. The van der Waals surface area contributed by atoms with Crippen LogP contribution in [0.5, 0.6) is 0 Å². The highest BCUT2D eigenvalue weighted by atomic mass is 16.5. The van der Waals surface area contributed by atoms with Crippen LogP contribution in [0.2, 0.25) is 0 Å². The zero-order valence-electron chi connectivity index (χ0n) is 13.9. The van der Waals surface area contributed by atoms with Crippen molar-refractivity contribution in [2.45, 2.75) is 13.8 Å². The van der Waals surface area contributed by atoms with Crippen LogP contribution in [0.3, 0.4) is 0 Å². The molecule has 1 unspecified atom stereocenters. The number of aromatic nitrogens is 2. The standard InChI is InChI=1S/C16H22N6O/c1-11-4-5-13-12(2)19-16(20-14(13)8-11)21-15-17-9-22(10-18-15)6-7-23-3/h4-5,8H,6-7,9-10H2,1-3H3,(H2,17,18,19,20,21)/p+2. The molecule has 3 rings (SSSR count). The van der Waals surface area contributed by atoms with E-state index < -0.39 is 0 Å². The van der Waals surface area contributed by atoms with E-state index in [0.29, 0.717) is 5.95 Å². The molecule has 0 saturated heterocycles. The van der Waals surface area contributed by atoms with Gasteiger partial charge in [-0.2, -0.15) is 4.98 Å². The van der Waals surface area contributed by atoms with E-state index in [0.717, 1.165) is 49.0 Å². The molecule has 7 nitrogen and oxygen atoms in total. The summed E-state index contributed by atoms with van der Waals surface area (Å²) in [5.41, 5.74) is 3.13. The van der Waals surface area contributed by atoms with Gasteiger partial charge in [0.1, 0.15) is 6.54 Å². The Kier molecular flexibility index (Phi) is 4.68. The Hall–Kier alpha value is -2.25. The predicted molar refractivity (Wildman–Crippen MR) is 89.2 cm³/mol. The summed E-state index contributed by atoms with van der Waals surface area (Å²) in [5.74, 6) is 1.45. The number of hydrogen-bond donors (Lipinski definition) is 4. The van der Waals surface area contributed by atoms with Crippen molar-refractivity contribution in [3.63, 3.8) is 0 Å². The van der Waals surface area contributed by atoms with E-state index in [9.17, 15) is 0 Å². The van der Waals surface area contributed by atoms with Gasteiger partial charge in [0.25, 0.3) is 5.95 Å². The van der Waals surface area contributed by atoms with Gasteiger partial charge >= 0.3 is 5.96 Å². The van der Waals surface area contributed by atoms with Gasteiger partial charge in [0, 0.05) is 12.5 Å². The first kappa shape index (κ1) is 15.6. The van der Waals surface area contributed by atoms with Gasteiger partial charge in [0.2, 0.25) is 0 Å². The largest absolute Gasteiger partial charge is 0.379 e. The number of guanidine groups is 1. The van der Waals surface area contributed by atoms with Gasteiger partial charge in [0.15, 0.2) is 13.3 Å². The van der Waals surface area contributed by atoms with E-state index in [4.69, 9.17) is 4.74 Å². The van der Waals surface area contributed by atoms with Crippen LogP contribution < -0.4 is 20.5 Å². The van der Waals surface area contributed by atoms with Gasteiger partial charge in [0.05, 0.1) is 17.8 Å². The normalized spacial score (nSPS) is 17.7. The van der Waals surface area contributed by atoms with Crippen molar-refractivity contribution in [2.75, 3.05) is 38.9 Å². The maximum atomic E-state index is 5.11. The van der Waals surface area contributed by atoms with Crippen LogP contribution in [0, 0.1) is 13.8 Å². The fraction of sp³-hybridized carbons (Fsp3) is 0.438. The predicted octanol–water partition coefficient (Wildman–Crippen LogP) is -1.86. The van der Waals surface area contributed by atoms with E-state index in [1.54, 1.807) is 7.11 Å². The van der Waals surface area contributed by atoms with Crippen molar-refractivity contribution in [1.82, 2.24) is 15.3 Å². The molecule has 2 heterocycles. The molecule has 0 aliphatic carbocycles. The molecule has 0 amide bonds. The number of nitrogens with zero attached hydrogens (tertiary/aromatic N) is 2. The Morgan fingerprint density at radius 2 is 2.22 bits per heavy atom. The number of benzene rings is 1. The number of aryl methyl sites for hydroxylation is 2. The summed E-state index contributed by atoms with van der Waals surface area (Å²) < 4.78 is 5.11. The lowest BCUT2D eigenvalue weighted by Crippen LogP contribution is -3.24. The Morgan fingerprint density at radius 3 is 2.96 bits per heavy atom. The molecular weight excluding hydrogens is 292 g/mol. The van der Waals surface area contributed by atoms with Gasteiger partial charge in [-0.3, -0.25) is 4.90 Å². The molecule has 0 saturated carbocycles. The van der Waals surface area contributed by atoms with E-state index in [1.165, 1.54) is 10.5 Å². The number of fused-ring (bicyclic) bond motifs is 1. The Bertz CT molecular complexity index is 730. The third kappa shape index (κ3) is 3.75. The van der Waals surface area contributed by atoms with Crippen LogP contribution in [0.4, 0.5) is 5.95 Å². The molecule has 0 bridgehead atoms. The van der Waals surface area contributed by atoms with Gasteiger partial charge < -0.3 is 4.74 Å². The minimum Gasteiger partial charge on any atom is -0.379 e. The van der Waals surface area contributed by atoms with E-state index in [2.05, 4.69) is 50.7 Å². The molecule has 1 aromatic carbocycles. The van der Waals surface area contributed by atoms with Gasteiger partial charge in [-0.15, -0.1) is 0 Å². The molecule has 1 atom stereocenters. The smallest absolute Gasteiger partial charge is 0.359 e. The average Bonchev–Trinajstić information content (AvgIpc) is 2.54. The van der Waals surface area contributed by atoms with Crippen molar-refractivity contribution in [2.24, 2.45) is 0 Å². The van der Waals surface area contributed by atoms with Gasteiger partial charge in [-0.25, -0.2) is 20.6 Å². The van der Waals surface area contributed by atoms with Crippen LogP contribution >= 0.6 is 0 Å². The van der Waals surface area contributed by atoms with Gasteiger partial charge in [-0.05, 0) is 25.5 Å². The Balaban J connectivity index is 1.73.